The Bertz CT molecular complexity index is 1220. The van der Waals surface area contributed by atoms with Crippen molar-refractivity contribution in [2.45, 2.75) is 76.2 Å². The van der Waals surface area contributed by atoms with Crippen LogP contribution in [0.4, 0.5) is 4.39 Å². The number of carbonyl (C=O) groups is 2. The van der Waals surface area contributed by atoms with Crippen LogP contribution >= 0.6 is 23.1 Å². The van der Waals surface area contributed by atoms with Crippen LogP contribution in [0.5, 0.6) is 0 Å². The summed E-state index contributed by atoms with van der Waals surface area (Å²) in [4.78, 5) is 33.8. The Kier molecular flexibility index (Phi) is 11.9. The maximum absolute atomic E-state index is 13.1. The van der Waals surface area contributed by atoms with E-state index in [1.807, 2.05) is 29.6 Å². The van der Waals surface area contributed by atoms with Crippen molar-refractivity contribution in [1.29, 1.82) is 0 Å². The first kappa shape index (κ1) is 30.6. The normalized spacial score (nSPS) is 14.6. The lowest BCUT2D eigenvalue weighted by Crippen LogP contribution is -2.36. The molecule has 0 spiro atoms. The van der Waals surface area contributed by atoms with Gasteiger partial charge in [0.25, 0.3) is 0 Å². The Morgan fingerprint density at radius 1 is 0.975 bits per heavy atom. The third kappa shape index (κ3) is 8.82. The van der Waals surface area contributed by atoms with Crippen LogP contribution in [-0.4, -0.2) is 46.8 Å². The minimum absolute atomic E-state index is 0.0625. The lowest BCUT2D eigenvalue weighted by Gasteiger charge is -2.31. The van der Waals surface area contributed by atoms with Gasteiger partial charge in [-0.3, -0.25) is 9.59 Å². The number of thiophene rings is 1. The maximum atomic E-state index is 13.1. The molecule has 4 rings (SSSR count). The molecule has 40 heavy (non-hydrogen) atoms. The van der Waals surface area contributed by atoms with Gasteiger partial charge in [0.1, 0.15) is 10.8 Å². The number of halogens is 1. The molecule has 2 aromatic heterocycles. The standard InChI is InChI=1S/C33H41FN2O2S2/c1-24(2)29-16-15-28(32(38)30-10-9-23-39-30)33(35-29)40-22-8-6-4-3-5-7-19-36-20-17-26(18-21-36)31(37)25-11-13-27(34)14-12-25/h9-16,23-24,26H,3-8,17-22H2,1-2H3. The highest BCUT2D eigenvalue weighted by Crippen LogP contribution is 2.28. The largest absolute Gasteiger partial charge is 0.303 e. The molecule has 0 N–H and O–H groups in total. The van der Waals surface area contributed by atoms with Gasteiger partial charge in [-0.1, -0.05) is 45.6 Å². The van der Waals surface area contributed by atoms with Gasteiger partial charge in [-0.05, 0) is 105 Å². The van der Waals surface area contributed by atoms with Gasteiger partial charge in [0, 0.05) is 17.2 Å². The van der Waals surface area contributed by atoms with Gasteiger partial charge in [0.05, 0.1) is 10.4 Å². The predicted octanol–water partition coefficient (Wildman–Crippen LogP) is 8.66. The molecule has 0 bridgehead atoms. The molecule has 3 heterocycles. The van der Waals surface area contributed by atoms with Crippen LogP contribution in [0.2, 0.25) is 0 Å². The Morgan fingerprint density at radius 3 is 2.35 bits per heavy atom. The zero-order valence-corrected chi connectivity index (χ0v) is 25.4. The lowest BCUT2D eigenvalue weighted by atomic mass is 9.89. The lowest BCUT2D eigenvalue weighted by molar-refractivity contribution is 0.0838. The highest BCUT2D eigenvalue weighted by Gasteiger charge is 2.25. The van der Waals surface area contributed by atoms with Crippen LogP contribution < -0.4 is 0 Å². The van der Waals surface area contributed by atoms with Crippen molar-refractivity contribution in [2.24, 2.45) is 5.92 Å². The second-order valence-corrected chi connectivity index (χ2v) is 13.0. The summed E-state index contributed by atoms with van der Waals surface area (Å²) in [6, 6.07) is 13.7. The Morgan fingerprint density at radius 2 is 1.68 bits per heavy atom. The number of thioether (sulfide) groups is 1. The van der Waals surface area contributed by atoms with Crippen LogP contribution in [0.25, 0.3) is 0 Å². The van der Waals surface area contributed by atoms with Crippen molar-refractivity contribution in [3.05, 3.63) is 81.4 Å². The van der Waals surface area contributed by atoms with Crippen molar-refractivity contribution in [3.8, 4) is 0 Å². The van der Waals surface area contributed by atoms with Crippen molar-refractivity contribution in [3.63, 3.8) is 0 Å². The Balaban J connectivity index is 1.09. The van der Waals surface area contributed by atoms with Gasteiger partial charge >= 0.3 is 0 Å². The van der Waals surface area contributed by atoms with Gasteiger partial charge in [0.2, 0.25) is 5.78 Å². The minimum atomic E-state index is -0.299. The fourth-order valence-electron chi connectivity index (χ4n) is 5.18. The van der Waals surface area contributed by atoms with E-state index in [0.29, 0.717) is 11.5 Å². The van der Waals surface area contributed by atoms with Crippen molar-refractivity contribution in [1.82, 2.24) is 9.88 Å². The highest BCUT2D eigenvalue weighted by molar-refractivity contribution is 7.99. The third-order valence-electron chi connectivity index (χ3n) is 7.66. The first-order chi connectivity index (χ1) is 19.4. The minimum Gasteiger partial charge on any atom is -0.303 e. The van der Waals surface area contributed by atoms with E-state index in [1.165, 1.54) is 55.6 Å². The summed E-state index contributed by atoms with van der Waals surface area (Å²) in [6.07, 6.45) is 9.02. The topological polar surface area (TPSA) is 50.3 Å². The number of likely N-dealkylation sites (tertiary alicyclic amines) is 1. The molecule has 0 saturated carbocycles. The zero-order valence-electron chi connectivity index (χ0n) is 23.7. The first-order valence-electron chi connectivity index (χ1n) is 14.7. The van der Waals surface area contributed by atoms with Gasteiger partial charge in [0.15, 0.2) is 5.78 Å². The Hall–Kier alpha value is -2.35. The highest BCUT2D eigenvalue weighted by atomic mass is 32.2. The summed E-state index contributed by atoms with van der Waals surface area (Å²) in [5.41, 5.74) is 2.39. The van der Waals surface area contributed by atoms with Gasteiger partial charge < -0.3 is 4.90 Å². The molecule has 0 unspecified atom stereocenters. The summed E-state index contributed by atoms with van der Waals surface area (Å²) in [7, 11) is 0. The number of ketones is 2. The number of hydrogen-bond donors (Lipinski definition) is 0. The molecule has 1 aromatic carbocycles. The smallest absolute Gasteiger partial charge is 0.205 e. The molecule has 4 nitrogen and oxygen atoms in total. The molecular formula is C33H41FN2O2S2. The number of aromatic nitrogens is 1. The quantitative estimate of drug-likeness (QED) is 0.102. The van der Waals surface area contributed by atoms with Crippen LogP contribution in [0.15, 0.2) is 58.9 Å². The van der Waals surface area contributed by atoms with Crippen molar-refractivity contribution >= 4 is 34.7 Å². The molecule has 0 amide bonds. The molecule has 1 aliphatic rings. The second-order valence-electron chi connectivity index (χ2n) is 11.0. The number of nitrogens with zero attached hydrogens (tertiary/aromatic N) is 2. The number of benzene rings is 1. The molecule has 214 valence electrons. The fourth-order valence-corrected chi connectivity index (χ4v) is 6.89. The molecule has 7 heteroatoms. The molecule has 0 atom stereocenters. The monoisotopic (exact) mass is 580 g/mol. The average molecular weight is 581 g/mol. The predicted molar refractivity (Wildman–Crippen MR) is 164 cm³/mol. The summed E-state index contributed by atoms with van der Waals surface area (Å²) < 4.78 is 13.1. The van der Waals surface area contributed by atoms with E-state index >= 15 is 0 Å². The summed E-state index contributed by atoms with van der Waals surface area (Å²) in [5, 5.41) is 2.81. The van der Waals surface area contributed by atoms with Crippen LogP contribution in [0, 0.1) is 11.7 Å². The van der Waals surface area contributed by atoms with Crippen LogP contribution in [-0.2, 0) is 0 Å². The number of hydrogen-bond acceptors (Lipinski definition) is 6. The molecular weight excluding hydrogens is 540 g/mol. The second kappa shape index (κ2) is 15.6. The molecule has 3 aromatic rings. The number of pyridine rings is 1. The van der Waals surface area contributed by atoms with Crippen LogP contribution in [0.1, 0.15) is 102 Å². The molecule has 1 saturated heterocycles. The molecule has 0 radical (unpaired) electrons. The van der Waals surface area contributed by atoms with E-state index in [1.54, 1.807) is 23.9 Å². The van der Waals surface area contributed by atoms with Crippen LogP contribution in [0.3, 0.4) is 0 Å². The number of unbranched alkanes of at least 4 members (excludes halogenated alkanes) is 5. The van der Waals surface area contributed by atoms with Gasteiger partial charge in [-0.25, -0.2) is 9.37 Å². The van der Waals surface area contributed by atoms with Crippen molar-refractivity contribution in [2.75, 3.05) is 25.4 Å². The maximum Gasteiger partial charge on any atom is 0.205 e. The number of piperidine rings is 1. The summed E-state index contributed by atoms with van der Waals surface area (Å²) in [5.74, 6) is 1.31. The molecule has 1 aliphatic heterocycles. The molecule has 0 aliphatic carbocycles. The van der Waals surface area contributed by atoms with Crippen molar-refractivity contribution < 1.29 is 14.0 Å². The van der Waals surface area contributed by atoms with E-state index in [0.717, 1.165) is 65.8 Å². The zero-order chi connectivity index (χ0) is 28.3. The summed E-state index contributed by atoms with van der Waals surface area (Å²) in [6.45, 7) is 7.31. The van der Waals surface area contributed by atoms with Gasteiger partial charge in [-0.15, -0.1) is 23.1 Å². The van der Waals surface area contributed by atoms with E-state index in [4.69, 9.17) is 4.98 Å². The Labute approximate surface area is 246 Å². The van der Waals surface area contributed by atoms with E-state index in [-0.39, 0.29) is 23.3 Å². The fraction of sp³-hybridized carbons (Fsp3) is 0.485. The molecule has 1 fully saturated rings. The average Bonchev–Trinajstić information content (AvgIpc) is 3.51. The number of carbonyl (C=O) groups excluding carboxylic acids is 2. The SMILES string of the molecule is CC(C)c1ccc(C(=O)c2cccs2)c(SCCCCCCCCN2CCC(C(=O)c3ccc(F)cc3)CC2)n1. The first-order valence-corrected chi connectivity index (χ1v) is 16.5. The third-order valence-corrected chi connectivity index (χ3v) is 9.60. The number of rotatable bonds is 15. The van der Waals surface area contributed by atoms with Gasteiger partial charge in [-0.2, -0.15) is 0 Å². The van der Waals surface area contributed by atoms with E-state index in [9.17, 15) is 14.0 Å². The summed E-state index contributed by atoms with van der Waals surface area (Å²) >= 11 is 3.20. The van der Waals surface area contributed by atoms with E-state index in [2.05, 4.69) is 18.7 Å². The van der Waals surface area contributed by atoms with E-state index < -0.39 is 0 Å². The number of Topliss-reactive ketones (excluding diaryl/α,β-unsaturated/α-hetero) is 1.